The van der Waals surface area contributed by atoms with Crippen molar-refractivity contribution < 1.29 is 9.90 Å². The third-order valence-electron chi connectivity index (χ3n) is 2.97. The normalized spacial score (nSPS) is 10.0. The van der Waals surface area contributed by atoms with Crippen LogP contribution in [0.2, 0.25) is 0 Å². The van der Waals surface area contributed by atoms with Crippen LogP contribution in [-0.4, -0.2) is 25.1 Å². The SMILES string of the molecule is CNc1ccccc1C(=O)N(C)c1ccc(O)cc1. The highest BCUT2D eigenvalue weighted by Crippen LogP contribution is 2.22. The number of carbonyl (C=O) groups excluding carboxylic acids is 1. The highest BCUT2D eigenvalue weighted by molar-refractivity contribution is 6.09. The zero-order chi connectivity index (χ0) is 13.8. The van der Waals surface area contributed by atoms with E-state index >= 15 is 0 Å². The number of amides is 1. The van der Waals surface area contributed by atoms with Crippen molar-refractivity contribution in [2.45, 2.75) is 0 Å². The quantitative estimate of drug-likeness (QED) is 0.887. The Kier molecular flexibility index (Phi) is 3.71. The number of nitrogens with zero attached hydrogens (tertiary/aromatic N) is 1. The van der Waals surface area contributed by atoms with Gasteiger partial charge in [-0.25, -0.2) is 0 Å². The summed E-state index contributed by atoms with van der Waals surface area (Å²) in [6, 6.07) is 13.9. The molecule has 0 fully saturated rings. The molecule has 0 atom stereocenters. The highest BCUT2D eigenvalue weighted by Gasteiger charge is 2.16. The van der Waals surface area contributed by atoms with Crippen LogP contribution >= 0.6 is 0 Å². The molecule has 4 heteroatoms. The monoisotopic (exact) mass is 256 g/mol. The smallest absolute Gasteiger partial charge is 0.260 e. The number of hydrogen-bond donors (Lipinski definition) is 2. The van der Waals surface area contributed by atoms with Gasteiger partial charge in [-0.15, -0.1) is 0 Å². The topological polar surface area (TPSA) is 52.6 Å². The van der Waals surface area contributed by atoms with Gasteiger partial charge in [-0.05, 0) is 36.4 Å². The lowest BCUT2D eigenvalue weighted by Gasteiger charge is -2.19. The molecule has 2 N–H and O–H groups in total. The van der Waals surface area contributed by atoms with Crippen LogP contribution < -0.4 is 10.2 Å². The van der Waals surface area contributed by atoms with Crippen LogP contribution in [-0.2, 0) is 0 Å². The first-order valence-corrected chi connectivity index (χ1v) is 5.97. The molecule has 0 spiro atoms. The third kappa shape index (κ3) is 2.68. The average molecular weight is 256 g/mol. The molecule has 0 aliphatic rings. The van der Waals surface area contributed by atoms with Crippen molar-refractivity contribution in [3.05, 3.63) is 54.1 Å². The second-order valence-electron chi connectivity index (χ2n) is 4.18. The summed E-state index contributed by atoms with van der Waals surface area (Å²) in [7, 11) is 3.49. The summed E-state index contributed by atoms with van der Waals surface area (Å²) in [5, 5.41) is 12.3. The van der Waals surface area contributed by atoms with Gasteiger partial charge in [-0.1, -0.05) is 12.1 Å². The molecule has 0 bridgehead atoms. The average Bonchev–Trinajstić information content (AvgIpc) is 2.46. The summed E-state index contributed by atoms with van der Waals surface area (Å²) in [6.45, 7) is 0. The van der Waals surface area contributed by atoms with Gasteiger partial charge in [0.2, 0.25) is 0 Å². The van der Waals surface area contributed by atoms with Gasteiger partial charge < -0.3 is 15.3 Å². The van der Waals surface area contributed by atoms with Crippen LogP contribution in [0.5, 0.6) is 5.75 Å². The number of carbonyl (C=O) groups is 1. The standard InChI is InChI=1S/C15H16N2O2/c1-16-14-6-4-3-5-13(14)15(19)17(2)11-7-9-12(18)10-8-11/h3-10,16,18H,1-2H3. The van der Waals surface area contributed by atoms with Crippen molar-refractivity contribution in [2.75, 3.05) is 24.3 Å². The lowest BCUT2D eigenvalue weighted by molar-refractivity contribution is 0.0993. The van der Waals surface area contributed by atoms with Crippen LogP contribution in [0.4, 0.5) is 11.4 Å². The Bertz CT molecular complexity index is 579. The van der Waals surface area contributed by atoms with E-state index in [4.69, 9.17) is 0 Å². The zero-order valence-electron chi connectivity index (χ0n) is 10.9. The summed E-state index contributed by atoms with van der Waals surface area (Å²) < 4.78 is 0. The van der Waals surface area contributed by atoms with E-state index in [0.717, 1.165) is 11.4 Å². The summed E-state index contributed by atoms with van der Waals surface area (Å²) in [5.41, 5.74) is 2.13. The predicted octanol–water partition coefficient (Wildman–Crippen LogP) is 2.71. The Morgan fingerprint density at radius 1 is 1.11 bits per heavy atom. The molecule has 98 valence electrons. The molecular weight excluding hydrogens is 240 g/mol. The van der Waals surface area contributed by atoms with Crippen molar-refractivity contribution in [3.63, 3.8) is 0 Å². The van der Waals surface area contributed by atoms with Crippen LogP contribution in [0, 0.1) is 0 Å². The number of nitrogens with one attached hydrogen (secondary N) is 1. The first kappa shape index (κ1) is 13.0. The minimum absolute atomic E-state index is 0.101. The molecule has 1 amide bonds. The number of anilines is 2. The Labute approximate surface area is 112 Å². The maximum absolute atomic E-state index is 12.4. The van der Waals surface area contributed by atoms with E-state index in [0.29, 0.717) is 5.56 Å². The molecule has 2 aromatic carbocycles. The second-order valence-corrected chi connectivity index (χ2v) is 4.18. The molecule has 0 radical (unpaired) electrons. The fourth-order valence-corrected chi connectivity index (χ4v) is 1.86. The van der Waals surface area contributed by atoms with E-state index < -0.39 is 0 Å². The van der Waals surface area contributed by atoms with E-state index in [1.807, 2.05) is 18.2 Å². The number of phenols is 1. The summed E-state index contributed by atoms with van der Waals surface area (Å²) >= 11 is 0. The molecule has 4 nitrogen and oxygen atoms in total. The molecule has 0 saturated heterocycles. The Morgan fingerprint density at radius 3 is 2.37 bits per heavy atom. The number of aromatic hydroxyl groups is 1. The zero-order valence-corrected chi connectivity index (χ0v) is 10.9. The Morgan fingerprint density at radius 2 is 1.74 bits per heavy atom. The third-order valence-corrected chi connectivity index (χ3v) is 2.97. The predicted molar refractivity (Wildman–Crippen MR) is 76.8 cm³/mol. The molecular formula is C15H16N2O2. The summed E-state index contributed by atoms with van der Waals surface area (Å²) in [6.07, 6.45) is 0. The van der Waals surface area contributed by atoms with Gasteiger partial charge in [0, 0.05) is 25.5 Å². The molecule has 0 heterocycles. The van der Waals surface area contributed by atoms with Crippen molar-refractivity contribution in [3.8, 4) is 5.75 Å². The minimum Gasteiger partial charge on any atom is -0.508 e. The summed E-state index contributed by atoms with van der Waals surface area (Å²) in [4.78, 5) is 14.0. The van der Waals surface area contributed by atoms with Gasteiger partial charge in [0.1, 0.15) is 5.75 Å². The van der Waals surface area contributed by atoms with Crippen molar-refractivity contribution in [2.24, 2.45) is 0 Å². The van der Waals surface area contributed by atoms with E-state index in [-0.39, 0.29) is 11.7 Å². The maximum atomic E-state index is 12.4. The number of benzene rings is 2. The van der Waals surface area contributed by atoms with Gasteiger partial charge in [0.05, 0.1) is 5.56 Å². The Balaban J connectivity index is 2.30. The van der Waals surface area contributed by atoms with Crippen LogP contribution in [0.1, 0.15) is 10.4 Å². The molecule has 0 unspecified atom stereocenters. The van der Waals surface area contributed by atoms with Gasteiger partial charge >= 0.3 is 0 Å². The van der Waals surface area contributed by atoms with Gasteiger partial charge in [-0.3, -0.25) is 4.79 Å². The molecule has 0 saturated carbocycles. The molecule has 0 aliphatic heterocycles. The van der Waals surface area contributed by atoms with E-state index in [9.17, 15) is 9.90 Å². The fraction of sp³-hybridized carbons (Fsp3) is 0.133. The largest absolute Gasteiger partial charge is 0.508 e. The fourth-order valence-electron chi connectivity index (χ4n) is 1.86. The maximum Gasteiger partial charge on any atom is 0.260 e. The van der Waals surface area contributed by atoms with Crippen molar-refractivity contribution in [1.29, 1.82) is 0 Å². The van der Waals surface area contributed by atoms with Gasteiger partial charge in [0.15, 0.2) is 0 Å². The van der Waals surface area contributed by atoms with Crippen LogP contribution in [0.3, 0.4) is 0 Å². The van der Waals surface area contributed by atoms with E-state index in [2.05, 4.69) is 5.32 Å². The number of hydrogen-bond acceptors (Lipinski definition) is 3. The molecule has 2 aromatic rings. The first-order chi connectivity index (χ1) is 9.13. The van der Waals surface area contributed by atoms with E-state index in [1.54, 1.807) is 49.3 Å². The minimum atomic E-state index is -0.101. The lowest BCUT2D eigenvalue weighted by Crippen LogP contribution is -2.26. The number of para-hydroxylation sites is 1. The molecule has 19 heavy (non-hydrogen) atoms. The second kappa shape index (κ2) is 5.44. The van der Waals surface area contributed by atoms with E-state index in [1.165, 1.54) is 0 Å². The van der Waals surface area contributed by atoms with Crippen molar-refractivity contribution >= 4 is 17.3 Å². The van der Waals surface area contributed by atoms with Crippen molar-refractivity contribution in [1.82, 2.24) is 0 Å². The molecule has 0 aromatic heterocycles. The lowest BCUT2D eigenvalue weighted by atomic mass is 10.1. The van der Waals surface area contributed by atoms with Gasteiger partial charge in [-0.2, -0.15) is 0 Å². The van der Waals surface area contributed by atoms with Crippen LogP contribution in [0.25, 0.3) is 0 Å². The highest BCUT2D eigenvalue weighted by atomic mass is 16.3. The van der Waals surface area contributed by atoms with Gasteiger partial charge in [0.25, 0.3) is 5.91 Å². The summed E-state index contributed by atoms with van der Waals surface area (Å²) in [5.74, 6) is 0.0795. The van der Waals surface area contributed by atoms with Crippen LogP contribution in [0.15, 0.2) is 48.5 Å². The first-order valence-electron chi connectivity index (χ1n) is 5.97. The Hall–Kier alpha value is -2.49. The molecule has 0 aliphatic carbocycles. The molecule has 2 rings (SSSR count). The number of phenolic OH excluding ortho intramolecular Hbond substituents is 1. The number of rotatable bonds is 3.